The van der Waals surface area contributed by atoms with Crippen molar-refractivity contribution in [3.05, 3.63) is 6.42 Å². The van der Waals surface area contributed by atoms with Gasteiger partial charge in [0.15, 0.2) is 0 Å². The summed E-state index contributed by atoms with van der Waals surface area (Å²) in [5.41, 5.74) is 0.550. The predicted octanol–water partition coefficient (Wildman–Crippen LogP) is 2.89. The van der Waals surface area contributed by atoms with E-state index in [1.807, 2.05) is 0 Å². The number of fused-ring (bicyclic) bond motifs is 2. The molecule has 3 atom stereocenters. The molecule has 3 rings (SSSR count). The highest BCUT2D eigenvalue weighted by molar-refractivity contribution is 5.07. The van der Waals surface area contributed by atoms with Crippen LogP contribution >= 0.6 is 0 Å². The van der Waals surface area contributed by atoms with Crippen molar-refractivity contribution < 1.29 is 0 Å². The van der Waals surface area contributed by atoms with Gasteiger partial charge >= 0.3 is 0 Å². The molecule has 0 aromatic heterocycles. The van der Waals surface area contributed by atoms with Gasteiger partial charge in [0.2, 0.25) is 0 Å². The second kappa shape index (κ2) is 1.78. The molecule has 57 valence electrons. The first-order valence-corrected chi connectivity index (χ1v) is 4.45. The highest BCUT2D eigenvalue weighted by atomic mass is 14.5. The molecular formula is C10H17. The quantitative estimate of drug-likeness (QED) is 0.481. The maximum absolute atomic E-state index is 2.53. The van der Waals surface area contributed by atoms with Crippen molar-refractivity contribution in [2.45, 2.75) is 33.6 Å². The minimum atomic E-state index is 0.550. The van der Waals surface area contributed by atoms with Gasteiger partial charge in [-0.05, 0) is 42.4 Å². The molecular weight excluding hydrogens is 120 g/mol. The van der Waals surface area contributed by atoms with Crippen molar-refractivity contribution in [3.63, 3.8) is 0 Å². The lowest BCUT2D eigenvalue weighted by Crippen LogP contribution is -2.49. The minimum Gasteiger partial charge on any atom is -0.0620 e. The summed E-state index contributed by atoms with van der Waals surface area (Å²) in [4.78, 5) is 0. The molecule has 0 spiro atoms. The Balaban J connectivity index is 2.14. The van der Waals surface area contributed by atoms with Crippen LogP contribution in [0.5, 0.6) is 0 Å². The lowest BCUT2D eigenvalue weighted by molar-refractivity contribution is -0.0347. The molecule has 1 radical (unpaired) electrons. The molecule has 0 aliphatic heterocycles. The first-order chi connectivity index (χ1) is 4.61. The van der Waals surface area contributed by atoms with Crippen LogP contribution in [0.2, 0.25) is 0 Å². The van der Waals surface area contributed by atoms with E-state index in [4.69, 9.17) is 0 Å². The van der Waals surface area contributed by atoms with Gasteiger partial charge in [0, 0.05) is 0 Å². The fraction of sp³-hybridized carbons (Fsp3) is 0.900. The third kappa shape index (κ3) is 0.681. The van der Waals surface area contributed by atoms with Gasteiger partial charge in [-0.15, -0.1) is 0 Å². The molecule has 0 saturated heterocycles. The normalized spacial score (nSPS) is 50.1. The Morgan fingerprint density at radius 2 is 2.10 bits per heavy atom. The molecule has 3 aliphatic carbocycles. The van der Waals surface area contributed by atoms with Crippen LogP contribution in [0.1, 0.15) is 33.6 Å². The summed E-state index contributed by atoms with van der Waals surface area (Å²) in [5, 5.41) is 0. The highest BCUT2D eigenvalue weighted by Gasteiger charge is 2.50. The van der Waals surface area contributed by atoms with Gasteiger partial charge in [-0.3, -0.25) is 0 Å². The monoisotopic (exact) mass is 137 g/mol. The van der Waals surface area contributed by atoms with Gasteiger partial charge in [0.05, 0.1) is 0 Å². The maximum Gasteiger partial charge on any atom is -0.0292 e. The Labute approximate surface area is 64.0 Å². The summed E-state index contributed by atoms with van der Waals surface area (Å²) in [7, 11) is 0. The summed E-state index contributed by atoms with van der Waals surface area (Å²) < 4.78 is 0. The van der Waals surface area contributed by atoms with Crippen LogP contribution in [0, 0.1) is 29.6 Å². The molecule has 0 N–H and O–H groups in total. The SMILES string of the molecule is CC1C2C[CH]C(C)(C)C1C2. The van der Waals surface area contributed by atoms with E-state index in [1.165, 1.54) is 12.8 Å². The van der Waals surface area contributed by atoms with Crippen LogP contribution in [-0.2, 0) is 0 Å². The van der Waals surface area contributed by atoms with Crippen LogP contribution < -0.4 is 0 Å². The number of rotatable bonds is 0. The molecule has 3 unspecified atom stereocenters. The third-order valence-electron chi connectivity index (χ3n) is 3.84. The summed E-state index contributed by atoms with van der Waals surface area (Å²) in [6.45, 7) is 7.21. The zero-order valence-corrected chi connectivity index (χ0v) is 7.22. The van der Waals surface area contributed by atoms with E-state index in [9.17, 15) is 0 Å². The Bertz CT molecular complexity index is 144. The fourth-order valence-corrected chi connectivity index (χ4v) is 2.79. The number of hydrogen-bond donors (Lipinski definition) is 0. The van der Waals surface area contributed by atoms with E-state index in [-0.39, 0.29) is 0 Å². The topological polar surface area (TPSA) is 0 Å². The van der Waals surface area contributed by atoms with E-state index in [0.29, 0.717) is 5.41 Å². The average molecular weight is 137 g/mol. The molecule has 10 heavy (non-hydrogen) atoms. The second-order valence-electron chi connectivity index (χ2n) is 4.72. The Morgan fingerprint density at radius 1 is 1.40 bits per heavy atom. The molecule has 0 aromatic rings. The third-order valence-corrected chi connectivity index (χ3v) is 3.84. The van der Waals surface area contributed by atoms with Crippen LogP contribution in [-0.4, -0.2) is 0 Å². The molecule has 2 bridgehead atoms. The molecule has 0 heteroatoms. The standard InChI is InChI=1S/C10H17/c1-7-8-4-5-10(2,3)9(7)6-8/h5,7-9H,4,6H2,1-3H3. The van der Waals surface area contributed by atoms with Crippen LogP contribution in [0.3, 0.4) is 0 Å². The first-order valence-electron chi connectivity index (χ1n) is 4.45. The molecule has 3 aliphatic rings. The Kier molecular flexibility index (Phi) is 1.19. The van der Waals surface area contributed by atoms with Gasteiger partial charge in [0.1, 0.15) is 0 Å². The highest BCUT2D eigenvalue weighted by Crippen LogP contribution is 2.58. The molecule has 0 amide bonds. The van der Waals surface area contributed by atoms with Crippen LogP contribution in [0.15, 0.2) is 0 Å². The molecule has 0 aromatic carbocycles. The van der Waals surface area contributed by atoms with Crippen molar-refractivity contribution in [3.8, 4) is 0 Å². The molecule has 3 fully saturated rings. The van der Waals surface area contributed by atoms with Crippen molar-refractivity contribution >= 4 is 0 Å². The minimum absolute atomic E-state index is 0.550. The molecule has 3 saturated carbocycles. The van der Waals surface area contributed by atoms with Crippen molar-refractivity contribution in [1.82, 2.24) is 0 Å². The van der Waals surface area contributed by atoms with Crippen LogP contribution in [0.25, 0.3) is 0 Å². The van der Waals surface area contributed by atoms with Gasteiger partial charge in [-0.2, -0.15) is 0 Å². The Hall–Kier alpha value is 0. The van der Waals surface area contributed by atoms with E-state index in [0.717, 1.165) is 17.8 Å². The lowest BCUT2D eigenvalue weighted by atomic mass is 9.48. The summed E-state index contributed by atoms with van der Waals surface area (Å²) in [6.07, 6.45) is 5.42. The largest absolute Gasteiger partial charge is 0.0620 e. The zero-order valence-electron chi connectivity index (χ0n) is 7.22. The zero-order chi connectivity index (χ0) is 7.35. The van der Waals surface area contributed by atoms with Crippen molar-refractivity contribution in [2.75, 3.05) is 0 Å². The van der Waals surface area contributed by atoms with Crippen molar-refractivity contribution in [1.29, 1.82) is 0 Å². The summed E-state index contributed by atoms with van der Waals surface area (Å²) >= 11 is 0. The van der Waals surface area contributed by atoms with E-state index in [1.54, 1.807) is 0 Å². The summed E-state index contributed by atoms with van der Waals surface area (Å²) in [5.74, 6) is 3.07. The van der Waals surface area contributed by atoms with E-state index in [2.05, 4.69) is 27.2 Å². The summed E-state index contributed by atoms with van der Waals surface area (Å²) in [6, 6.07) is 0. The maximum atomic E-state index is 2.53. The second-order valence-corrected chi connectivity index (χ2v) is 4.72. The average Bonchev–Trinajstić information content (AvgIpc) is 1.84. The van der Waals surface area contributed by atoms with Crippen LogP contribution in [0.4, 0.5) is 0 Å². The van der Waals surface area contributed by atoms with Gasteiger partial charge in [-0.1, -0.05) is 20.8 Å². The van der Waals surface area contributed by atoms with E-state index < -0.39 is 0 Å². The Morgan fingerprint density at radius 3 is 2.40 bits per heavy atom. The van der Waals surface area contributed by atoms with Crippen molar-refractivity contribution in [2.24, 2.45) is 23.2 Å². The fourth-order valence-electron chi connectivity index (χ4n) is 2.79. The van der Waals surface area contributed by atoms with Gasteiger partial charge in [0.25, 0.3) is 0 Å². The lowest BCUT2D eigenvalue weighted by Gasteiger charge is -2.56. The molecule has 0 nitrogen and oxygen atoms in total. The van der Waals surface area contributed by atoms with E-state index >= 15 is 0 Å². The number of hydrogen-bond acceptors (Lipinski definition) is 0. The first kappa shape index (κ1) is 6.69. The molecule has 0 heterocycles. The smallest absolute Gasteiger partial charge is 0.0292 e. The van der Waals surface area contributed by atoms with Gasteiger partial charge in [-0.25, -0.2) is 0 Å². The van der Waals surface area contributed by atoms with Gasteiger partial charge < -0.3 is 0 Å². The predicted molar refractivity (Wildman–Crippen MR) is 43.5 cm³/mol.